The lowest BCUT2D eigenvalue weighted by molar-refractivity contribution is 0.243. The van der Waals surface area contributed by atoms with Crippen molar-refractivity contribution in [3.05, 3.63) is 44.6 Å². The summed E-state index contributed by atoms with van der Waals surface area (Å²) in [6.07, 6.45) is 2.97. The molecule has 0 amide bonds. The number of nitrogens with one attached hydrogen (secondary N) is 1. The minimum atomic E-state index is 0.585. The van der Waals surface area contributed by atoms with Crippen LogP contribution in [0.5, 0.6) is 0 Å². The first-order valence-electron chi connectivity index (χ1n) is 5.63. The first kappa shape index (κ1) is 11.1. The molecule has 0 aromatic carbocycles. The van der Waals surface area contributed by atoms with Crippen LogP contribution >= 0.6 is 23.6 Å². The molecule has 3 nitrogen and oxygen atoms in total. The van der Waals surface area contributed by atoms with Crippen LogP contribution in [0.4, 0.5) is 0 Å². The molecule has 2 aromatic rings. The van der Waals surface area contributed by atoms with Gasteiger partial charge in [0.05, 0.1) is 0 Å². The molecule has 17 heavy (non-hydrogen) atoms. The molecule has 1 aliphatic heterocycles. The molecule has 0 aliphatic carbocycles. The van der Waals surface area contributed by atoms with Gasteiger partial charge in [0.2, 0.25) is 0 Å². The zero-order valence-electron chi connectivity index (χ0n) is 9.35. The Kier molecular flexibility index (Phi) is 3.05. The number of aromatic amines is 1. The summed E-state index contributed by atoms with van der Waals surface area (Å²) in [5.41, 5.74) is 2.54. The summed E-state index contributed by atoms with van der Waals surface area (Å²) in [5.74, 6) is 0. The Labute approximate surface area is 109 Å². The maximum atomic E-state index is 5.07. The van der Waals surface area contributed by atoms with Crippen LogP contribution in [0.1, 0.15) is 16.1 Å². The predicted octanol–water partition coefficient (Wildman–Crippen LogP) is 2.76. The van der Waals surface area contributed by atoms with Crippen LogP contribution in [-0.4, -0.2) is 21.4 Å². The highest BCUT2D eigenvalue weighted by Gasteiger charge is 2.17. The zero-order valence-corrected chi connectivity index (χ0v) is 11.0. The summed E-state index contributed by atoms with van der Waals surface area (Å²) in [6, 6.07) is 4.30. The lowest BCUT2D eigenvalue weighted by Gasteiger charge is -2.27. The van der Waals surface area contributed by atoms with Gasteiger partial charge in [-0.25, -0.2) is 4.98 Å². The molecule has 1 N–H and O–H groups in total. The molecule has 1 aliphatic rings. The fraction of sp³-hybridized carbons (Fsp3) is 0.333. The summed E-state index contributed by atoms with van der Waals surface area (Å²) in [5, 5.41) is 2.13. The number of aromatic nitrogens is 2. The molecule has 3 heterocycles. The van der Waals surface area contributed by atoms with Crippen molar-refractivity contribution in [1.82, 2.24) is 14.9 Å². The van der Waals surface area contributed by atoms with Crippen LogP contribution < -0.4 is 0 Å². The predicted molar refractivity (Wildman–Crippen MR) is 71.6 cm³/mol. The Balaban J connectivity index is 1.78. The third-order valence-corrected chi connectivity index (χ3v) is 4.09. The number of hydrogen-bond donors (Lipinski definition) is 1. The van der Waals surface area contributed by atoms with Crippen LogP contribution in [0.15, 0.2) is 23.7 Å². The Morgan fingerprint density at radius 1 is 1.53 bits per heavy atom. The molecule has 88 valence electrons. The van der Waals surface area contributed by atoms with Gasteiger partial charge in [-0.2, -0.15) is 0 Å². The number of fused-ring (bicyclic) bond motifs is 1. The van der Waals surface area contributed by atoms with E-state index in [1.165, 1.54) is 16.1 Å². The minimum Gasteiger partial charge on any atom is -0.333 e. The lowest BCUT2D eigenvalue weighted by atomic mass is 10.1. The van der Waals surface area contributed by atoms with Crippen molar-refractivity contribution in [3.63, 3.8) is 0 Å². The van der Waals surface area contributed by atoms with E-state index in [1.54, 1.807) is 0 Å². The highest BCUT2D eigenvalue weighted by molar-refractivity contribution is 7.71. The minimum absolute atomic E-state index is 0.585. The van der Waals surface area contributed by atoms with E-state index in [4.69, 9.17) is 12.2 Å². The van der Waals surface area contributed by atoms with E-state index in [0.29, 0.717) is 4.77 Å². The monoisotopic (exact) mass is 263 g/mol. The second-order valence-corrected chi connectivity index (χ2v) is 5.65. The molecule has 5 heteroatoms. The largest absolute Gasteiger partial charge is 0.333 e. The standard InChI is InChI=1S/C12H13N3S2/c16-12-13-6-9-3-4-15(8-11(9)14-12)7-10-2-1-5-17-10/h1-2,5-6H,3-4,7-8H2,(H,13,14,16). The number of nitrogens with zero attached hydrogens (tertiary/aromatic N) is 2. The van der Waals surface area contributed by atoms with Crippen LogP contribution in [0.2, 0.25) is 0 Å². The van der Waals surface area contributed by atoms with E-state index >= 15 is 0 Å². The SMILES string of the molecule is S=c1ncc2c([nH]1)CN(Cc1cccs1)CC2. The second kappa shape index (κ2) is 4.68. The van der Waals surface area contributed by atoms with E-state index in [0.717, 1.165) is 26.1 Å². The van der Waals surface area contributed by atoms with Crippen molar-refractivity contribution in [2.24, 2.45) is 0 Å². The molecular formula is C12H13N3S2. The third-order valence-electron chi connectivity index (χ3n) is 3.02. The van der Waals surface area contributed by atoms with Gasteiger partial charge in [0, 0.05) is 36.4 Å². The van der Waals surface area contributed by atoms with Gasteiger partial charge in [0.15, 0.2) is 4.77 Å². The molecule has 0 spiro atoms. The van der Waals surface area contributed by atoms with Gasteiger partial charge in [-0.15, -0.1) is 11.3 Å². The van der Waals surface area contributed by atoms with Crippen LogP contribution in [-0.2, 0) is 19.5 Å². The van der Waals surface area contributed by atoms with Gasteiger partial charge in [0.25, 0.3) is 0 Å². The highest BCUT2D eigenvalue weighted by atomic mass is 32.1. The summed E-state index contributed by atoms with van der Waals surface area (Å²) >= 11 is 6.89. The Bertz CT molecular complexity index is 559. The number of rotatable bonds is 2. The van der Waals surface area contributed by atoms with E-state index < -0.39 is 0 Å². The van der Waals surface area contributed by atoms with Gasteiger partial charge in [0.1, 0.15) is 0 Å². The van der Waals surface area contributed by atoms with E-state index in [9.17, 15) is 0 Å². The summed E-state index contributed by atoms with van der Waals surface area (Å²) in [4.78, 5) is 11.2. The van der Waals surface area contributed by atoms with E-state index in [1.807, 2.05) is 17.5 Å². The van der Waals surface area contributed by atoms with Crippen molar-refractivity contribution >= 4 is 23.6 Å². The fourth-order valence-corrected chi connectivity index (χ4v) is 3.07. The van der Waals surface area contributed by atoms with Crippen molar-refractivity contribution in [2.75, 3.05) is 6.54 Å². The summed E-state index contributed by atoms with van der Waals surface area (Å²) in [7, 11) is 0. The molecule has 2 aromatic heterocycles. The number of thiophene rings is 1. The lowest BCUT2D eigenvalue weighted by Crippen LogP contribution is -2.30. The fourth-order valence-electron chi connectivity index (χ4n) is 2.15. The Morgan fingerprint density at radius 3 is 3.29 bits per heavy atom. The van der Waals surface area contributed by atoms with E-state index in [-0.39, 0.29) is 0 Å². The number of H-pyrrole nitrogens is 1. The van der Waals surface area contributed by atoms with Crippen LogP contribution in [0.25, 0.3) is 0 Å². The normalized spacial score (nSPS) is 15.8. The molecule has 0 bridgehead atoms. The van der Waals surface area contributed by atoms with E-state index in [2.05, 4.69) is 32.4 Å². The Morgan fingerprint density at radius 2 is 2.47 bits per heavy atom. The van der Waals surface area contributed by atoms with Gasteiger partial charge in [-0.3, -0.25) is 4.90 Å². The van der Waals surface area contributed by atoms with Crippen molar-refractivity contribution in [3.8, 4) is 0 Å². The van der Waals surface area contributed by atoms with Gasteiger partial charge in [-0.05, 0) is 35.6 Å². The van der Waals surface area contributed by atoms with Gasteiger partial charge < -0.3 is 4.98 Å². The molecule has 0 radical (unpaired) electrons. The molecule has 0 saturated carbocycles. The average molecular weight is 263 g/mol. The molecule has 0 unspecified atom stereocenters. The van der Waals surface area contributed by atoms with Crippen molar-refractivity contribution in [2.45, 2.75) is 19.5 Å². The van der Waals surface area contributed by atoms with Crippen LogP contribution in [0, 0.1) is 4.77 Å². The molecule has 0 fully saturated rings. The Hall–Kier alpha value is -1.04. The maximum absolute atomic E-state index is 5.07. The molecule has 0 atom stereocenters. The van der Waals surface area contributed by atoms with Gasteiger partial charge >= 0.3 is 0 Å². The summed E-state index contributed by atoms with van der Waals surface area (Å²) < 4.78 is 0.585. The zero-order chi connectivity index (χ0) is 11.7. The molecule has 3 rings (SSSR count). The van der Waals surface area contributed by atoms with Crippen LogP contribution in [0.3, 0.4) is 0 Å². The quantitative estimate of drug-likeness (QED) is 0.846. The first-order chi connectivity index (χ1) is 8.31. The number of hydrogen-bond acceptors (Lipinski definition) is 4. The summed E-state index contributed by atoms with van der Waals surface area (Å²) in [6.45, 7) is 3.07. The maximum Gasteiger partial charge on any atom is 0.196 e. The third kappa shape index (κ3) is 2.46. The topological polar surface area (TPSA) is 31.9 Å². The average Bonchev–Trinajstić information content (AvgIpc) is 2.81. The second-order valence-electron chi connectivity index (χ2n) is 4.23. The van der Waals surface area contributed by atoms with Crippen molar-refractivity contribution in [1.29, 1.82) is 0 Å². The smallest absolute Gasteiger partial charge is 0.196 e. The van der Waals surface area contributed by atoms with Gasteiger partial charge in [-0.1, -0.05) is 6.07 Å². The highest BCUT2D eigenvalue weighted by Crippen LogP contribution is 2.19. The molecule has 0 saturated heterocycles. The van der Waals surface area contributed by atoms with Crippen molar-refractivity contribution < 1.29 is 0 Å². The first-order valence-corrected chi connectivity index (χ1v) is 6.92. The molecular weight excluding hydrogens is 250 g/mol.